The van der Waals surface area contributed by atoms with Crippen LogP contribution in [-0.4, -0.2) is 17.8 Å². The maximum atomic E-state index is 14.1. The first-order valence-electron chi connectivity index (χ1n) is 8.69. The molecule has 1 heterocycles. The Morgan fingerprint density at radius 1 is 1.17 bits per heavy atom. The van der Waals surface area contributed by atoms with Crippen LogP contribution in [-0.2, 0) is 15.2 Å². The van der Waals surface area contributed by atoms with E-state index < -0.39 is 18.2 Å². The fourth-order valence-corrected chi connectivity index (χ4v) is 3.56. The molecule has 5 nitrogen and oxygen atoms in total. The molecule has 160 valence electrons. The quantitative estimate of drug-likeness (QED) is 0.510. The van der Waals surface area contributed by atoms with Crippen LogP contribution in [0, 0.1) is 0 Å². The summed E-state index contributed by atoms with van der Waals surface area (Å²) in [5.41, 5.74) is 2.77. The number of hydrogen-bond donors (Lipinski definition) is 2. The molecule has 0 saturated heterocycles. The van der Waals surface area contributed by atoms with Crippen molar-refractivity contribution in [1.29, 1.82) is 0 Å². The van der Waals surface area contributed by atoms with Crippen LogP contribution in [0.15, 0.2) is 41.6 Å². The Bertz CT molecular complexity index is 994. The molecule has 30 heavy (non-hydrogen) atoms. The van der Waals surface area contributed by atoms with E-state index in [1.807, 2.05) is 0 Å². The average Bonchev–Trinajstić information content (AvgIpc) is 3.13. The molecule has 1 amide bonds. The number of amides is 1. The molecule has 0 radical (unpaired) electrons. The van der Waals surface area contributed by atoms with Crippen LogP contribution in [0.25, 0.3) is 0 Å². The Morgan fingerprint density at radius 3 is 2.43 bits per heavy atom. The number of carbonyl (C=O) groups excluding carboxylic acids is 1. The minimum absolute atomic E-state index is 0.0443. The van der Waals surface area contributed by atoms with Gasteiger partial charge in [-0.25, -0.2) is 0 Å². The van der Waals surface area contributed by atoms with Gasteiger partial charge in [0.25, 0.3) is 5.60 Å². The molecule has 1 unspecified atom stereocenters. The summed E-state index contributed by atoms with van der Waals surface area (Å²) in [5, 5.41) is 4.05. The van der Waals surface area contributed by atoms with E-state index in [4.69, 9.17) is 39.6 Å². The molecular formula is C19H15Cl3F3N3O2. The van der Waals surface area contributed by atoms with Gasteiger partial charge in [0, 0.05) is 34.0 Å². The molecule has 2 aromatic carbocycles. The van der Waals surface area contributed by atoms with Crippen molar-refractivity contribution in [2.75, 3.05) is 5.43 Å². The first-order valence-corrected chi connectivity index (χ1v) is 9.82. The summed E-state index contributed by atoms with van der Waals surface area (Å²) in [6, 6.07) is 8.08. The number of carbonyl (C=O) groups is 1. The number of alkyl halides is 3. The van der Waals surface area contributed by atoms with E-state index in [0.29, 0.717) is 11.3 Å². The summed E-state index contributed by atoms with van der Waals surface area (Å²) >= 11 is 17.9. The van der Waals surface area contributed by atoms with Gasteiger partial charge in [-0.15, -0.1) is 0 Å². The Hall–Kier alpha value is -2.16. The Balaban J connectivity index is 1.94. The first kappa shape index (κ1) is 22.5. The van der Waals surface area contributed by atoms with Crippen molar-refractivity contribution in [1.82, 2.24) is 5.43 Å². The highest BCUT2D eigenvalue weighted by atomic mass is 35.5. The van der Waals surface area contributed by atoms with Gasteiger partial charge in [-0.1, -0.05) is 52.9 Å². The van der Waals surface area contributed by atoms with Gasteiger partial charge in [-0.3, -0.25) is 15.6 Å². The van der Waals surface area contributed by atoms with Crippen LogP contribution in [0.3, 0.4) is 0 Å². The van der Waals surface area contributed by atoms with E-state index in [9.17, 15) is 18.0 Å². The molecule has 2 N–H and O–H groups in total. The zero-order valence-corrected chi connectivity index (χ0v) is 17.7. The summed E-state index contributed by atoms with van der Waals surface area (Å²) in [6.07, 6.45) is -5.16. The third-order valence-electron chi connectivity index (χ3n) is 4.47. The molecule has 0 fully saturated rings. The number of hydrogen-bond acceptors (Lipinski definition) is 4. The zero-order valence-electron chi connectivity index (χ0n) is 15.4. The molecule has 11 heteroatoms. The summed E-state index contributed by atoms with van der Waals surface area (Å²) in [7, 11) is 0. The number of nitrogens with one attached hydrogen (secondary N) is 2. The summed E-state index contributed by atoms with van der Waals surface area (Å²) in [6.45, 7) is 1.67. The number of benzene rings is 2. The first-order chi connectivity index (χ1) is 14.1. The van der Waals surface area contributed by atoms with Crippen LogP contribution < -0.4 is 10.9 Å². The van der Waals surface area contributed by atoms with Crippen LogP contribution in [0.4, 0.5) is 18.9 Å². The van der Waals surface area contributed by atoms with E-state index in [2.05, 4.69) is 16.0 Å². The summed E-state index contributed by atoms with van der Waals surface area (Å²) in [4.78, 5) is 16.4. The number of halogens is 6. The maximum Gasteiger partial charge on any atom is 0.435 e. The van der Waals surface area contributed by atoms with Gasteiger partial charge in [0.05, 0.1) is 16.4 Å². The van der Waals surface area contributed by atoms with Gasteiger partial charge in [-0.05, 0) is 30.3 Å². The lowest BCUT2D eigenvalue weighted by Crippen LogP contribution is -2.42. The zero-order chi connectivity index (χ0) is 22.1. The van der Waals surface area contributed by atoms with E-state index in [1.165, 1.54) is 24.3 Å². The largest absolute Gasteiger partial charge is 0.435 e. The summed E-state index contributed by atoms with van der Waals surface area (Å²) in [5.74, 6) is -0.285. The number of oxime groups is 1. The van der Waals surface area contributed by atoms with Crippen molar-refractivity contribution in [2.45, 2.75) is 31.5 Å². The van der Waals surface area contributed by atoms with Crippen LogP contribution in [0.5, 0.6) is 0 Å². The lowest BCUT2D eigenvalue weighted by Gasteiger charge is -2.29. The predicted molar refractivity (Wildman–Crippen MR) is 110 cm³/mol. The molecule has 0 aliphatic carbocycles. The van der Waals surface area contributed by atoms with Crippen molar-refractivity contribution in [2.24, 2.45) is 5.16 Å². The lowest BCUT2D eigenvalue weighted by molar-refractivity contribution is -0.275. The molecule has 1 aliphatic heterocycles. The molecule has 0 spiro atoms. The molecule has 0 aromatic heterocycles. The van der Waals surface area contributed by atoms with Crippen LogP contribution >= 0.6 is 34.8 Å². The second-order valence-electron chi connectivity index (χ2n) is 6.51. The average molecular weight is 481 g/mol. The van der Waals surface area contributed by atoms with Crippen molar-refractivity contribution < 1.29 is 22.8 Å². The van der Waals surface area contributed by atoms with Crippen molar-refractivity contribution in [3.63, 3.8) is 0 Å². The van der Waals surface area contributed by atoms with Gasteiger partial charge in [0.15, 0.2) is 0 Å². The van der Waals surface area contributed by atoms with Crippen molar-refractivity contribution >= 4 is 52.1 Å². The van der Waals surface area contributed by atoms with Crippen molar-refractivity contribution in [3.05, 3.63) is 62.6 Å². The molecule has 0 saturated carbocycles. The third-order valence-corrected chi connectivity index (χ3v) is 5.24. The Kier molecular flexibility index (Phi) is 6.40. The topological polar surface area (TPSA) is 62.7 Å². The second-order valence-corrected chi connectivity index (χ2v) is 7.79. The highest BCUT2D eigenvalue weighted by molar-refractivity contribution is 6.34. The fraction of sp³-hybridized carbons (Fsp3) is 0.263. The maximum absolute atomic E-state index is 14.1. The lowest BCUT2D eigenvalue weighted by atomic mass is 9.86. The number of rotatable bonds is 5. The predicted octanol–water partition coefficient (Wildman–Crippen LogP) is 6.08. The van der Waals surface area contributed by atoms with E-state index in [1.54, 1.807) is 6.92 Å². The normalized spacial score (nSPS) is 18.6. The van der Waals surface area contributed by atoms with Gasteiger partial charge in [-0.2, -0.15) is 13.2 Å². The number of hydrazine groups is 1. The molecule has 1 aliphatic rings. The van der Waals surface area contributed by atoms with E-state index >= 15 is 0 Å². The van der Waals surface area contributed by atoms with Crippen molar-refractivity contribution in [3.8, 4) is 0 Å². The SMILES string of the molecule is CCC(=O)NNc1cc(C2=NOC(c3cc(Cl)cc(Cl)c3)(C(F)(F)F)C2)ccc1Cl. The molecule has 3 rings (SSSR count). The van der Waals surface area contributed by atoms with Crippen LogP contribution in [0.1, 0.15) is 30.9 Å². The Labute approximate surface area is 185 Å². The standard InChI is InChI=1S/C19H15Cl3F3N3O2/c1-2-17(29)27-26-15-5-10(3-4-14(15)22)16-9-18(30-28-16,19(23,24)25)11-6-12(20)8-13(21)7-11/h3-8,26H,2,9H2,1H3,(H,27,29). The van der Waals surface area contributed by atoms with Gasteiger partial charge < -0.3 is 4.84 Å². The third kappa shape index (κ3) is 4.45. The Morgan fingerprint density at radius 2 is 1.83 bits per heavy atom. The van der Waals surface area contributed by atoms with E-state index in [0.717, 1.165) is 12.1 Å². The number of nitrogens with zero attached hydrogens (tertiary/aromatic N) is 1. The monoisotopic (exact) mass is 479 g/mol. The minimum Gasteiger partial charge on any atom is -0.374 e. The van der Waals surface area contributed by atoms with Gasteiger partial charge >= 0.3 is 6.18 Å². The van der Waals surface area contributed by atoms with Crippen LogP contribution in [0.2, 0.25) is 15.1 Å². The second kappa shape index (κ2) is 8.53. The highest BCUT2D eigenvalue weighted by Gasteiger charge is 2.62. The molecular weight excluding hydrogens is 466 g/mol. The van der Waals surface area contributed by atoms with Gasteiger partial charge in [0.1, 0.15) is 0 Å². The molecule has 1 atom stereocenters. The minimum atomic E-state index is -4.80. The van der Waals surface area contributed by atoms with E-state index in [-0.39, 0.29) is 38.7 Å². The summed E-state index contributed by atoms with van der Waals surface area (Å²) < 4.78 is 42.2. The highest BCUT2D eigenvalue weighted by Crippen LogP contribution is 2.49. The van der Waals surface area contributed by atoms with Gasteiger partial charge in [0.2, 0.25) is 5.91 Å². The molecule has 0 bridgehead atoms. The smallest absolute Gasteiger partial charge is 0.374 e. The number of anilines is 1. The fourth-order valence-electron chi connectivity index (χ4n) is 2.87. The molecule has 2 aromatic rings.